The summed E-state index contributed by atoms with van der Waals surface area (Å²) < 4.78 is 8.28. The lowest BCUT2D eigenvalue weighted by molar-refractivity contribution is 0.597. The molecule has 38 valence electrons. The molecule has 1 heterocycles. The van der Waals surface area contributed by atoms with E-state index in [9.17, 15) is 0 Å². The summed E-state index contributed by atoms with van der Waals surface area (Å²) in [6.45, 7) is 0. The van der Waals surface area contributed by atoms with Crippen LogP contribution in [-0.2, 0) is 0 Å². The average Bonchev–Trinajstić information content (AvgIpc) is 2.14. The maximum Gasteiger partial charge on any atom is 0.330 e. The number of rotatable bonds is 1. The second kappa shape index (κ2) is 2.19. The van der Waals surface area contributed by atoms with Gasteiger partial charge in [0.25, 0.3) is 0 Å². The van der Waals surface area contributed by atoms with E-state index in [1.165, 1.54) is 11.5 Å². The Balaban J connectivity index is 2.76. The Kier molecular flexibility index (Phi) is 1.54. The summed E-state index contributed by atoms with van der Waals surface area (Å²) in [5, 5.41) is 0. The van der Waals surface area contributed by atoms with Crippen LogP contribution in [0.25, 0.3) is 0 Å². The van der Waals surface area contributed by atoms with Crippen molar-refractivity contribution < 1.29 is 4.52 Å². The van der Waals surface area contributed by atoms with Gasteiger partial charge in [-0.2, -0.15) is 4.98 Å². The Morgan fingerprint density at radius 2 is 2.71 bits per heavy atom. The number of hydrogen-bond acceptors (Lipinski definition) is 4. The molecule has 0 aliphatic heterocycles. The maximum atomic E-state index is 4.56. The van der Waals surface area contributed by atoms with Gasteiger partial charge in [-0.05, 0) is 11.5 Å². The van der Waals surface area contributed by atoms with Crippen LogP contribution in [0.4, 0.5) is 0 Å². The average molecular weight is 134 g/mol. The molecule has 1 aromatic heterocycles. The standard InChI is InChI=1S/C2H3N2OPS/c6-5-2-3-1-7-4-2/h1H,6H2. The Morgan fingerprint density at radius 1 is 1.86 bits per heavy atom. The van der Waals surface area contributed by atoms with E-state index in [1.54, 1.807) is 5.51 Å². The lowest BCUT2D eigenvalue weighted by Crippen LogP contribution is -1.71. The molecule has 0 saturated carbocycles. The van der Waals surface area contributed by atoms with Crippen LogP contribution in [0.2, 0.25) is 0 Å². The van der Waals surface area contributed by atoms with Gasteiger partial charge in [0.2, 0.25) is 0 Å². The zero-order valence-corrected chi connectivity index (χ0v) is 5.34. The van der Waals surface area contributed by atoms with Crippen molar-refractivity contribution in [2.45, 2.75) is 0 Å². The fraction of sp³-hybridized carbons (Fsp3) is 0. The van der Waals surface area contributed by atoms with Gasteiger partial charge in [0.1, 0.15) is 5.51 Å². The first-order valence-electron chi connectivity index (χ1n) is 1.56. The molecular formula is C2H3N2OPS. The van der Waals surface area contributed by atoms with Crippen molar-refractivity contribution in [2.75, 3.05) is 0 Å². The Labute approximate surface area is 47.2 Å². The molecular weight excluding hydrogens is 131 g/mol. The van der Waals surface area contributed by atoms with Crippen LogP contribution in [0.3, 0.4) is 0 Å². The van der Waals surface area contributed by atoms with E-state index in [4.69, 9.17) is 0 Å². The molecule has 0 aromatic carbocycles. The molecule has 1 atom stereocenters. The van der Waals surface area contributed by atoms with Crippen LogP contribution < -0.4 is 4.52 Å². The van der Waals surface area contributed by atoms with Crippen molar-refractivity contribution in [3.63, 3.8) is 0 Å². The zero-order valence-electron chi connectivity index (χ0n) is 3.37. The first-order chi connectivity index (χ1) is 3.43. The molecule has 0 saturated heterocycles. The first-order valence-corrected chi connectivity index (χ1v) is 2.87. The van der Waals surface area contributed by atoms with E-state index >= 15 is 0 Å². The van der Waals surface area contributed by atoms with Gasteiger partial charge in [-0.25, -0.2) is 0 Å². The quantitative estimate of drug-likeness (QED) is 0.530. The smallest absolute Gasteiger partial charge is 0.330 e. The number of nitrogens with zero attached hydrogens (tertiary/aromatic N) is 2. The molecule has 1 unspecified atom stereocenters. The first kappa shape index (κ1) is 4.94. The van der Waals surface area contributed by atoms with Crippen LogP contribution in [-0.4, -0.2) is 9.36 Å². The van der Waals surface area contributed by atoms with Crippen molar-refractivity contribution in [3.05, 3.63) is 5.51 Å². The van der Waals surface area contributed by atoms with Crippen LogP contribution in [0, 0.1) is 0 Å². The van der Waals surface area contributed by atoms with E-state index in [0.717, 1.165) is 0 Å². The lowest BCUT2D eigenvalue weighted by atomic mass is 11.2. The Bertz CT molecular complexity index is 130. The lowest BCUT2D eigenvalue weighted by Gasteiger charge is -1.82. The van der Waals surface area contributed by atoms with E-state index in [0.29, 0.717) is 6.01 Å². The largest absolute Gasteiger partial charge is 0.449 e. The Hall–Kier alpha value is -0.210. The molecule has 0 fully saturated rings. The minimum absolute atomic E-state index is 0.412. The fourth-order valence-electron chi connectivity index (χ4n) is 0.213. The highest BCUT2D eigenvalue weighted by Crippen LogP contribution is 2.04. The van der Waals surface area contributed by atoms with Gasteiger partial charge >= 0.3 is 6.01 Å². The van der Waals surface area contributed by atoms with Gasteiger partial charge in [-0.1, -0.05) is 0 Å². The van der Waals surface area contributed by atoms with Crippen LogP contribution in [0.1, 0.15) is 0 Å². The fourth-order valence-corrected chi connectivity index (χ4v) is 0.768. The van der Waals surface area contributed by atoms with E-state index in [1.807, 2.05) is 0 Å². The highest BCUT2D eigenvalue weighted by atomic mass is 32.1. The number of aromatic nitrogens is 2. The van der Waals surface area contributed by atoms with Crippen molar-refractivity contribution in [1.29, 1.82) is 0 Å². The molecule has 3 nitrogen and oxygen atoms in total. The van der Waals surface area contributed by atoms with Gasteiger partial charge < -0.3 is 4.52 Å². The molecule has 0 radical (unpaired) electrons. The summed E-state index contributed by atoms with van der Waals surface area (Å²) in [5.41, 5.74) is 1.61. The van der Waals surface area contributed by atoms with Gasteiger partial charge in [0.05, 0.1) is 9.47 Å². The van der Waals surface area contributed by atoms with Crippen molar-refractivity contribution >= 4 is 21.0 Å². The predicted octanol–water partition coefficient (Wildman–Crippen LogP) is 0.707. The molecule has 0 bridgehead atoms. The molecule has 1 aromatic rings. The number of hydrogen-bond donors (Lipinski definition) is 0. The van der Waals surface area contributed by atoms with Gasteiger partial charge in [-0.3, -0.25) is 0 Å². The Morgan fingerprint density at radius 3 is 3.00 bits per heavy atom. The third-order valence-corrected chi connectivity index (χ3v) is 1.12. The SMILES string of the molecule is POc1ncsn1. The molecule has 0 N–H and O–H groups in total. The minimum Gasteiger partial charge on any atom is -0.449 e. The van der Waals surface area contributed by atoms with Gasteiger partial charge in [0.15, 0.2) is 0 Å². The van der Waals surface area contributed by atoms with E-state index in [2.05, 4.69) is 23.3 Å². The predicted molar refractivity (Wildman–Crippen MR) is 30.2 cm³/mol. The highest BCUT2D eigenvalue weighted by Gasteiger charge is 1.87. The highest BCUT2D eigenvalue weighted by molar-refractivity contribution is 7.10. The molecule has 0 aliphatic rings. The summed E-state index contributed by atoms with van der Waals surface area (Å²) in [5.74, 6) is 0. The summed E-state index contributed by atoms with van der Waals surface area (Å²) in [7, 11) is 2.07. The second-order valence-corrected chi connectivity index (χ2v) is 1.67. The normalized spacial score (nSPS) is 8.71. The molecule has 0 amide bonds. The molecule has 0 aliphatic carbocycles. The summed E-state index contributed by atoms with van der Waals surface area (Å²) in [6, 6.07) is 0.412. The molecule has 5 heteroatoms. The summed E-state index contributed by atoms with van der Waals surface area (Å²) >= 11 is 1.26. The topological polar surface area (TPSA) is 35.0 Å². The van der Waals surface area contributed by atoms with Crippen LogP contribution in [0.15, 0.2) is 5.51 Å². The van der Waals surface area contributed by atoms with Crippen molar-refractivity contribution in [2.24, 2.45) is 0 Å². The van der Waals surface area contributed by atoms with Crippen molar-refractivity contribution in [1.82, 2.24) is 9.36 Å². The monoisotopic (exact) mass is 134 g/mol. The molecule has 7 heavy (non-hydrogen) atoms. The molecule has 0 spiro atoms. The summed E-state index contributed by atoms with van der Waals surface area (Å²) in [6.07, 6.45) is 0. The maximum absolute atomic E-state index is 4.56. The minimum atomic E-state index is 0.412. The van der Waals surface area contributed by atoms with Crippen molar-refractivity contribution in [3.8, 4) is 6.01 Å². The third-order valence-electron chi connectivity index (χ3n) is 0.446. The van der Waals surface area contributed by atoms with Crippen LogP contribution >= 0.6 is 21.0 Å². The van der Waals surface area contributed by atoms with Gasteiger partial charge in [0, 0.05) is 0 Å². The van der Waals surface area contributed by atoms with E-state index in [-0.39, 0.29) is 0 Å². The van der Waals surface area contributed by atoms with Crippen LogP contribution in [0.5, 0.6) is 6.01 Å². The third kappa shape index (κ3) is 1.08. The van der Waals surface area contributed by atoms with Gasteiger partial charge in [-0.15, -0.1) is 4.37 Å². The second-order valence-electron chi connectivity index (χ2n) is 0.832. The molecule has 1 rings (SSSR count). The zero-order chi connectivity index (χ0) is 5.11. The summed E-state index contributed by atoms with van der Waals surface area (Å²) in [4.78, 5) is 3.70. The van der Waals surface area contributed by atoms with E-state index < -0.39 is 0 Å².